The summed E-state index contributed by atoms with van der Waals surface area (Å²) in [7, 11) is 0. The Labute approximate surface area is 62.1 Å². The van der Waals surface area contributed by atoms with Gasteiger partial charge in [0.05, 0.1) is 0 Å². The zero-order chi connectivity index (χ0) is 4.28. The molecule has 0 aliphatic heterocycles. The SMILES string of the molecule is O.O=CC(=O)O.[Na]. The van der Waals surface area contributed by atoms with Crippen molar-refractivity contribution in [3.8, 4) is 0 Å². The maximum Gasteiger partial charge on any atom is 0.368 e. The number of aliphatic carboxylic acids is 1. The number of aldehydes is 1. The van der Waals surface area contributed by atoms with Gasteiger partial charge >= 0.3 is 5.97 Å². The van der Waals surface area contributed by atoms with Crippen molar-refractivity contribution in [2.75, 3.05) is 0 Å². The van der Waals surface area contributed by atoms with Crippen LogP contribution in [-0.4, -0.2) is 52.4 Å². The largest absolute Gasteiger partial charge is 0.476 e. The third kappa shape index (κ3) is 23.3. The van der Waals surface area contributed by atoms with Gasteiger partial charge in [-0.25, -0.2) is 4.79 Å². The van der Waals surface area contributed by atoms with Crippen molar-refractivity contribution >= 4 is 41.8 Å². The summed E-state index contributed by atoms with van der Waals surface area (Å²) in [6.07, 6.45) is -0.167. The first-order valence-electron chi connectivity index (χ1n) is 0.952. The predicted molar refractivity (Wildman–Crippen MR) is 23.1 cm³/mol. The smallest absolute Gasteiger partial charge is 0.368 e. The number of carboxylic acids is 1. The summed E-state index contributed by atoms with van der Waals surface area (Å²) in [4.78, 5) is 17.9. The predicted octanol–water partition coefficient (Wildman–Crippen LogP) is -1.94. The number of rotatable bonds is 1. The Bertz CT molecular complexity index is 60.7. The molecule has 37 valence electrons. The van der Waals surface area contributed by atoms with Crippen LogP contribution in [0.1, 0.15) is 0 Å². The average molecular weight is 115 g/mol. The molecule has 3 N–H and O–H groups in total. The third-order valence-electron chi connectivity index (χ3n) is 0.101. The molecule has 0 aliphatic carbocycles. The molecule has 0 heterocycles. The van der Waals surface area contributed by atoms with Gasteiger partial charge in [0, 0.05) is 29.6 Å². The first-order valence-corrected chi connectivity index (χ1v) is 0.952. The summed E-state index contributed by atoms with van der Waals surface area (Å²) < 4.78 is 0. The van der Waals surface area contributed by atoms with E-state index in [9.17, 15) is 0 Å². The number of hydrogen-bond donors (Lipinski definition) is 1. The molecular weight excluding hydrogens is 111 g/mol. The minimum absolute atomic E-state index is 0. The summed E-state index contributed by atoms with van der Waals surface area (Å²) in [6.45, 7) is 0. The van der Waals surface area contributed by atoms with Crippen molar-refractivity contribution in [2.24, 2.45) is 0 Å². The van der Waals surface area contributed by atoms with Crippen molar-refractivity contribution in [3.63, 3.8) is 0 Å². The Kier molecular flexibility index (Phi) is 21.2. The Morgan fingerprint density at radius 1 is 1.57 bits per heavy atom. The molecule has 7 heavy (non-hydrogen) atoms. The van der Waals surface area contributed by atoms with Crippen LogP contribution in [0.15, 0.2) is 0 Å². The molecule has 4 nitrogen and oxygen atoms in total. The standard InChI is InChI=1S/C2H2O3.Na.H2O/c3-1-2(4)5;;/h1H,(H,4,5);;1H2. The van der Waals surface area contributed by atoms with E-state index in [1.165, 1.54) is 0 Å². The molecule has 0 atom stereocenters. The molecule has 0 bridgehead atoms. The molecule has 0 aliphatic rings. The third-order valence-corrected chi connectivity index (χ3v) is 0.101. The number of hydrogen-bond acceptors (Lipinski definition) is 2. The Hall–Kier alpha value is 0.100. The van der Waals surface area contributed by atoms with Gasteiger partial charge in [0.2, 0.25) is 6.29 Å². The van der Waals surface area contributed by atoms with E-state index in [4.69, 9.17) is 14.7 Å². The second-order valence-corrected chi connectivity index (χ2v) is 0.456. The maximum atomic E-state index is 9.00. The van der Waals surface area contributed by atoms with Crippen LogP contribution in [0.3, 0.4) is 0 Å². The van der Waals surface area contributed by atoms with Crippen LogP contribution in [0, 0.1) is 0 Å². The van der Waals surface area contributed by atoms with Gasteiger partial charge in [0.15, 0.2) is 0 Å². The van der Waals surface area contributed by atoms with Crippen LogP contribution in [0.2, 0.25) is 0 Å². The van der Waals surface area contributed by atoms with Gasteiger partial charge in [0.1, 0.15) is 0 Å². The molecule has 0 fully saturated rings. The van der Waals surface area contributed by atoms with Crippen LogP contribution in [-0.2, 0) is 9.59 Å². The molecule has 0 aromatic rings. The van der Waals surface area contributed by atoms with Gasteiger partial charge in [-0.05, 0) is 0 Å². The molecule has 0 saturated carbocycles. The van der Waals surface area contributed by atoms with Gasteiger partial charge in [-0.3, -0.25) is 4.79 Å². The normalized spacial score (nSPS) is 4.57. The van der Waals surface area contributed by atoms with Crippen LogP contribution in [0.5, 0.6) is 0 Å². The Balaban J connectivity index is -0.0000000800. The Morgan fingerprint density at radius 3 is 1.71 bits per heavy atom. The number of carbonyl (C=O) groups is 2. The number of carbonyl (C=O) groups excluding carboxylic acids is 1. The summed E-state index contributed by atoms with van der Waals surface area (Å²) in [5, 5.41) is 7.35. The fourth-order valence-corrected chi connectivity index (χ4v) is 0. The van der Waals surface area contributed by atoms with Gasteiger partial charge in [-0.1, -0.05) is 0 Å². The van der Waals surface area contributed by atoms with Gasteiger partial charge in [-0.15, -0.1) is 0 Å². The zero-order valence-electron chi connectivity index (χ0n) is 3.84. The van der Waals surface area contributed by atoms with Gasteiger partial charge < -0.3 is 10.6 Å². The second kappa shape index (κ2) is 9.44. The molecule has 0 unspecified atom stereocenters. The molecule has 0 aromatic carbocycles. The molecule has 5 heteroatoms. The molecule has 1 radical (unpaired) electrons. The van der Waals surface area contributed by atoms with E-state index in [-0.39, 0.29) is 41.3 Å². The van der Waals surface area contributed by atoms with Gasteiger partial charge in [-0.2, -0.15) is 0 Å². The summed E-state index contributed by atoms with van der Waals surface area (Å²) >= 11 is 0. The summed E-state index contributed by atoms with van der Waals surface area (Å²) in [5.74, 6) is -1.43. The van der Waals surface area contributed by atoms with Crippen LogP contribution >= 0.6 is 0 Å². The van der Waals surface area contributed by atoms with Crippen molar-refractivity contribution in [3.05, 3.63) is 0 Å². The van der Waals surface area contributed by atoms with Crippen molar-refractivity contribution in [1.82, 2.24) is 0 Å². The van der Waals surface area contributed by atoms with E-state index in [0.717, 1.165) is 0 Å². The van der Waals surface area contributed by atoms with Crippen molar-refractivity contribution in [2.45, 2.75) is 0 Å². The van der Waals surface area contributed by atoms with E-state index >= 15 is 0 Å². The quantitative estimate of drug-likeness (QED) is 0.245. The van der Waals surface area contributed by atoms with Crippen LogP contribution in [0.4, 0.5) is 0 Å². The van der Waals surface area contributed by atoms with Crippen LogP contribution < -0.4 is 0 Å². The van der Waals surface area contributed by atoms with E-state index in [1.807, 2.05) is 0 Å². The molecule has 0 amide bonds. The molecular formula is C2H4NaO4. The Morgan fingerprint density at radius 2 is 1.71 bits per heavy atom. The van der Waals surface area contributed by atoms with Crippen LogP contribution in [0.25, 0.3) is 0 Å². The average Bonchev–Trinajstić information content (AvgIpc) is 1.38. The number of carboxylic acid groups (broad SMARTS) is 1. The molecule has 0 spiro atoms. The summed E-state index contributed by atoms with van der Waals surface area (Å²) in [5.41, 5.74) is 0. The molecule has 0 rings (SSSR count). The fourth-order valence-electron chi connectivity index (χ4n) is 0. The minimum atomic E-state index is -1.43. The van der Waals surface area contributed by atoms with Crippen molar-refractivity contribution in [1.29, 1.82) is 0 Å². The van der Waals surface area contributed by atoms with Crippen molar-refractivity contribution < 1.29 is 20.2 Å². The van der Waals surface area contributed by atoms with E-state index < -0.39 is 5.97 Å². The summed E-state index contributed by atoms with van der Waals surface area (Å²) in [6, 6.07) is 0. The minimum Gasteiger partial charge on any atom is -0.476 e. The maximum absolute atomic E-state index is 9.00. The molecule has 0 aromatic heterocycles. The monoisotopic (exact) mass is 115 g/mol. The molecule has 0 saturated heterocycles. The second-order valence-electron chi connectivity index (χ2n) is 0.456. The van der Waals surface area contributed by atoms with E-state index in [0.29, 0.717) is 0 Å². The van der Waals surface area contributed by atoms with E-state index in [2.05, 4.69) is 0 Å². The van der Waals surface area contributed by atoms with E-state index in [1.54, 1.807) is 0 Å². The fraction of sp³-hybridized carbons (Fsp3) is 0. The first kappa shape index (κ1) is 15.7. The zero-order valence-corrected chi connectivity index (χ0v) is 5.84. The topological polar surface area (TPSA) is 85.9 Å². The van der Waals surface area contributed by atoms with Gasteiger partial charge in [0.25, 0.3) is 0 Å². The first-order chi connectivity index (χ1) is 2.27.